The first-order valence-corrected chi connectivity index (χ1v) is 5.71. The van der Waals surface area contributed by atoms with Crippen LogP contribution in [0.4, 0.5) is 0 Å². The van der Waals surface area contributed by atoms with E-state index in [1.807, 2.05) is 24.3 Å². The fourth-order valence-corrected chi connectivity index (χ4v) is 1.97. The number of benzene rings is 1. The molecule has 4 nitrogen and oxygen atoms in total. The van der Waals surface area contributed by atoms with Gasteiger partial charge in [-0.3, -0.25) is 0 Å². The van der Waals surface area contributed by atoms with Crippen LogP contribution < -0.4 is 0 Å². The monoisotopic (exact) mass is 234 g/mol. The molecule has 0 saturated carbocycles. The molecule has 0 aliphatic rings. The van der Waals surface area contributed by atoms with Gasteiger partial charge < -0.3 is 10.1 Å². The largest absolute Gasteiger partial charge is 0.478 e. The van der Waals surface area contributed by atoms with E-state index in [0.29, 0.717) is 5.75 Å². The lowest BCUT2D eigenvalue weighted by atomic mass is 10.3. The van der Waals surface area contributed by atoms with Gasteiger partial charge >= 0.3 is 5.97 Å². The maximum absolute atomic E-state index is 10.2. The van der Waals surface area contributed by atoms with Gasteiger partial charge in [0.25, 0.3) is 0 Å². The molecule has 0 unspecified atom stereocenters. The minimum Gasteiger partial charge on any atom is -0.478 e. The summed E-state index contributed by atoms with van der Waals surface area (Å²) in [7, 11) is 0. The van der Waals surface area contributed by atoms with Crippen molar-refractivity contribution in [3.63, 3.8) is 0 Å². The molecular weight excluding hydrogens is 224 g/mol. The third kappa shape index (κ3) is 2.64. The average Bonchev–Trinajstić information content (AvgIpc) is 2.66. The molecule has 0 atom stereocenters. The van der Waals surface area contributed by atoms with Crippen LogP contribution in [-0.4, -0.2) is 26.8 Å². The van der Waals surface area contributed by atoms with Crippen LogP contribution >= 0.6 is 11.8 Å². The van der Waals surface area contributed by atoms with E-state index in [-0.39, 0.29) is 0 Å². The number of carboxylic acids is 1. The third-order valence-electron chi connectivity index (χ3n) is 1.94. The third-order valence-corrected chi connectivity index (χ3v) is 2.77. The number of fused-ring (bicyclic) bond motifs is 1. The summed E-state index contributed by atoms with van der Waals surface area (Å²) < 4.78 is 0. The van der Waals surface area contributed by atoms with Crippen molar-refractivity contribution in [3.05, 3.63) is 36.4 Å². The second-order valence-electron chi connectivity index (χ2n) is 3.11. The van der Waals surface area contributed by atoms with Gasteiger partial charge in [-0.05, 0) is 12.1 Å². The van der Waals surface area contributed by atoms with E-state index in [1.165, 1.54) is 11.8 Å². The number of thioether (sulfide) groups is 1. The molecule has 82 valence electrons. The molecule has 0 radical (unpaired) electrons. The number of aliphatic carboxylic acids is 1. The van der Waals surface area contributed by atoms with Crippen LogP contribution in [0.3, 0.4) is 0 Å². The van der Waals surface area contributed by atoms with Crippen LogP contribution in [0.1, 0.15) is 0 Å². The summed E-state index contributed by atoms with van der Waals surface area (Å²) in [4.78, 5) is 17.7. The summed E-state index contributed by atoms with van der Waals surface area (Å²) in [5.74, 6) is -0.336. The Kier molecular flexibility index (Phi) is 3.26. The van der Waals surface area contributed by atoms with Gasteiger partial charge in [0.2, 0.25) is 0 Å². The van der Waals surface area contributed by atoms with E-state index >= 15 is 0 Å². The van der Waals surface area contributed by atoms with E-state index in [9.17, 15) is 4.79 Å². The Bertz CT molecular complexity index is 501. The number of aromatic nitrogens is 2. The first-order valence-electron chi connectivity index (χ1n) is 4.73. The van der Waals surface area contributed by atoms with Gasteiger partial charge in [0.1, 0.15) is 0 Å². The van der Waals surface area contributed by atoms with Crippen LogP contribution in [0.25, 0.3) is 11.0 Å². The molecule has 5 heteroatoms. The minimum absolute atomic E-state index is 0.589. The molecule has 0 amide bonds. The van der Waals surface area contributed by atoms with Crippen molar-refractivity contribution in [1.82, 2.24) is 9.97 Å². The zero-order valence-electron chi connectivity index (χ0n) is 8.38. The van der Waals surface area contributed by atoms with Crippen molar-refractivity contribution in [1.29, 1.82) is 0 Å². The number of carboxylic acid groups (broad SMARTS) is 1. The summed E-state index contributed by atoms with van der Waals surface area (Å²) in [5.41, 5.74) is 1.92. The lowest BCUT2D eigenvalue weighted by Crippen LogP contribution is -1.86. The first-order chi connectivity index (χ1) is 7.75. The van der Waals surface area contributed by atoms with E-state index in [4.69, 9.17) is 5.11 Å². The Labute approximate surface area is 96.4 Å². The molecule has 0 fully saturated rings. The Morgan fingerprint density at radius 3 is 3.06 bits per heavy atom. The molecular formula is C11H10N2O2S. The summed E-state index contributed by atoms with van der Waals surface area (Å²) in [5, 5.41) is 9.21. The number of aromatic amines is 1. The quantitative estimate of drug-likeness (QED) is 0.629. The molecule has 16 heavy (non-hydrogen) atoms. The Hall–Kier alpha value is -1.75. The molecule has 2 rings (SSSR count). The fraction of sp³-hybridized carbons (Fsp3) is 0.0909. The topological polar surface area (TPSA) is 66.0 Å². The highest BCUT2D eigenvalue weighted by Gasteiger charge is 2.00. The van der Waals surface area contributed by atoms with Crippen LogP contribution in [0.15, 0.2) is 41.6 Å². The smallest absolute Gasteiger partial charge is 0.328 e. The van der Waals surface area contributed by atoms with E-state index in [1.54, 1.807) is 6.08 Å². The molecule has 1 aromatic heterocycles. The predicted molar refractivity (Wildman–Crippen MR) is 63.6 cm³/mol. The van der Waals surface area contributed by atoms with Crippen molar-refractivity contribution >= 4 is 28.8 Å². The second-order valence-corrected chi connectivity index (χ2v) is 4.12. The van der Waals surface area contributed by atoms with Gasteiger partial charge in [-0.2, -0.15) is 0 Å². The summed E-state index contributed by atoms with van der Waals surface area (Å²) in [6, 6.07) is 7.77. The number of para-hydroxylation sites is 2. The number of carbonyl (C=O) groups is 1. The van der Waals surface area contributed by atoms with Crippen LogP contribution in [-0.2, 0) is 4.79 Å². The standard InChI is InChI=1S/C11H10N2O2S/c14-10(15)6-3-7-16-11-12-8-4-1-2-5-9(8)13-11/h1-6H,7H2,(H,12,13)(H,14,15). The van der Waals surface area contributed by atoms with Gasteiger partial charge in [-0.1, -0.05) is 30.0 Å². The lowest BCUT2D eigenvalue weighted by Gasteiger charge is -1.89. The fourth-order valence-electron chi connectivity index (χ4n) is 1.27. The molecule has 2 aromatic rings. The van der Waals surface area contributed by atoms with Crippen molar-refractivity contribution in [2.75, 3.05) is 5.75 Å². The minimum atomic E-state index is -0.926. The van der Waals surface area contributed by atoms with E-state index in [0.717, 1.165) is 22.3 Å². The summed E-state index contributed by atoms with van der Waals surface area (Å²) >= 11 is 1.47. The zero-order chi connectivity index (χ0) is 11.4. The van der Waals surface area contributed by atoms with Crippen molar-refractivity contribution in [2.45, 2.75) is 5.16 Å². The van der Waals surface area contributed by atoms with Gasteiger partial charge in [-0.25, -0.2) is 9.78 Å². The van der Waals surface area contributed by atoms with Gasteiger partial charge in [-0.15, -0.1) is 0 Å². The van der Waals surface area contributed by atoms with E-state index in [2.05, 4.69) is 9.97 Å². The first kappa shape index (κ1) is 10.8. The van der Waals surface area contributed by atoms with Crippen LogP contribution in [0, 0.1) is 0 Å². The SMILES string of the molecule is O=C(O)C=CCSc1nc2ccccc2[nH]1. The Morgan fingerprint density at radius 2 is 2.31 bits per heavy atom. The summed E-state index contributed by atoms with van der Waals surface area (Å²) in [6.45, 7) is 0. The molecule has 1 heterocycles. The number of hydrogen-bond donors (Lipinski definition) is 2. The number of rotatable bonds is 4. The molecule has 0 aliphatic heterocycles. The van der Waals surface area contributed by atoms with E-state index < -0.39 is 5.97 Å². The highest BCUT2D eigenvalue weighted by atomic mass is 32.2. The van der Waals surface area contributed by atoms with Gasteiger partial charge in [0.05, 0.1) is 11.0 Å². The van der Waals surface area contributed by atoms with Crippen LogP contribution in [0.2, 0.25) is 0 Å². The molecule has 0 bridgehead atoms. The molecule has 0 spiro atoms. The van der Waals surface area contributed by atoms with Gasteiger partial charge in [0.15, 0.2) is 5.16 Å². The average molecular weight is 234 g/mol. The second kappa shape index (κ2) is 4.85. The number of nitrogens with zero attached hydrogens (tertiary/aromatic N) is 1. The van der Waals surface area contributed by atoms with Crippen molar-refractivity contribution in [3.8, 4) is 0 Å². The predicted octanol–water partition coefficient (Wildman–Crippen LogP) is 2.30. The Morgan fingerprint density at radius 1 is 1.50 bits per heavy atom. The molecule has 1 aromatic carbocycles. The van der Waals surface area contributed by atoms with Crippen molar-refractivity contribution in [2.24, 2.45) is 0 Å². The number of hydrogen-bond acceptors (Lipinski definition) is 3. The highest BCUT2D eigenvalue weighted by Crippen LogP contribution is 2.18. The highest BCUT2D eigenvalue weighted by molar-refractivity contribution is 7.99. The molecule has 0 aliphatic carbocycles. The molecule has 0 saturated heterocycles. The number of nitrogens with one attached hydrogen (secondary N) is 1. The molecule has 2 N–H and O–H groups in total. The Balaban J connectivity index is 2.02. The maximum atomic E-state index is 10.2. The number of H-pyrrole nitrogens is 1. The normalized spacial score (nSPS) is 11.2. The van der Waals surface area contributed by atoms with Crippen molar-refractivity contribution < 1.29 is 9.90 Å². The van der Waals surface area contributed by atoms with Crippen LogP contribution in [0.5, 0.6) is 0 Å². The number of imidazole rings is 1. The summed E-state index contributed by atoms with van der Waals surface area (Å²) in [6.07, 6.45) is 2.73. The zero-order valence-corrected chi connectivity index (χ0v) is 9.20. The maximum Gasteiger partial charge on any atom is 0.328 e. The lowest BCUT2D eigenvalue weighted by molar-refractivity contribution is -0.131. The van der Waals surface area contributed by atoms with Gasteiger partial charge in [0, 0.05) is 11.8 Å².